The van der Waals surface area contributed by atoms with Gasteiger partial charge in [-0.2, -0.15) is 0 Å². The van der Waals surface area contributed by atoms with E-state index in [4.69, 9.17) is 21.1 Å². The summed E-state index contributed by atoms with van der Waals surface area (Å²) >= 11 is 5.82. The molecule has 0 saturated heterocycles. The molecule has 20 heavy (non-hydrogen) atoms. The summed E-state index contributed by atoms with van der Waals surface area (Å²) in [6, 6.07) is 6.87. The van der Waals surface area contributed by atoms with Crippen LogP contribution in [0, 0.1) is 11.8 Å². The Balaban J connectivity index is 2.32. The standard InChI is InChI=1S/C15H15ClO4/c1-3-19-15(18)12-8-13(20-14(17)9(12)2)10-4-6-11(16)7-5-10/h4-9,12H,3H2,1-2H3/t9-,12-/m0/s1. The quantitative estimate of drug-likeness (QED) is 0.804. The molecule has 2 atom stereocenters. The highest BCUT2D eigenvalue weighted by molar-refractivity contribution is 6.30. The van der Waals surface area contributed by atoms with E-state index in [2.05, 4.69) is 0 Å². The first-order valence-electron chi connectivity index (χ1n) is 6.39. The molecule has 2 rings (SSSR count). The van der Waals surface area contributed by atoms with Gasteiger partial charge in [-0.25, -0.2) is 0 Å². The number of halogens is 1. The van der Waals surface area contributed by atoms with Gasteiger partial charge in [-0.15, -0.1) is 0 Å². The van der Waals surface area contributed by atoms with Gasteiger partial charge in [0.05, 0.1) is 18.4 Å². The molecule has 1 aromatic rings. The van der Waals surface area contributed by atoms with E-state index >= 15 is 0 Å². The van der Waals surface area contributed by atoms with Gasteiger partial charge in [0, 0.05) is 10.6 Å². The molecule has 1 aliphatic heterocycles. The fourth-order valence-corrected chi connectivity index (χ4v) is 2.10. The first-order valence-corrected chi connectivity index (χ1v) is 6.76. The summed E-state index contributed by atoms with van der Waals surface area (Å²) < 4.78 is 10.2. The SMILES string of the molecule is CCOC(=O)[C@H]1C=C(c2ccc(Cl)cc2)OC(=O)[C@H]1C. The van der Waals surface area contributed by atoms with Crippen molar-refractivity contribution in [3.8, 4) is 0 Å². The van der Waals surface area contributed by atoms with Gasteiger partial charge in [0.25, 0.3) is 0 Å². The minimum atomic E-state index is -0.623. The Morgan fingerprint density at radius 2 is 2.00 bits per heavy atom. The number of esters is 2. The summed E-state index contributed by atoms with van der Waals surface area (Å²) in [5.74, 6) is -1.66. The number of ether oxygens (including phenoxy) is 2. The van der Waals surface area contributed by atoms with Crippen molar-refractivity contribution in [3.63, 3.8) is 0 Å². The van der Waals surface area contributed by atoms with E-state index in [0.717, 1.165) is 0 Å². The Bertz CT molecular complexity index is 547. The van der Waals surface area contributed by atoms with E-state index < -0.39 is 23.8 Å². The normalized spacial score (nSPS) is 21.9. The molecule has 0 bridgehead atoms. The summed E-state index contributed by atoms with van der Waals surface area (Å²) in [4.78, 5) is 23.8. The average Bonchev–Trinajstić information content (AvgIpc) is 2.43. The Kier molecular flexibility index (Phi) is 4.45. The van der Waals surface area contributed by atoms with Crippen molar-refractivity contribution in [2.75, 3.05) is 6.61 Å². The monoisotopic (exact) mass is 294 g/mol. The average molecular weight is 295 g/mol. The van der Waals surface area contributed by atoms with Crippen LogP contribution < -0.4 is 0 Å². The maximum Gasteiger partial charge on any atom is 0.315 e. The van der Waals surface area contributed by atoms with Crippen molar-refractivity contribution >= 4 is 29.3 Å². The molecule has 106 valence electrons. The van der Waals surface area contributed by atoms with Crippen molar-refractivity contribution in [1.29, 1.82) is 0 Å². The number of hydrogen-bond donors (Lipinski definition) is 0. The molecular weight excluding hydrogens is 280 g/mol. The van der Waals surface area contributed by atoms with Crippen molar-refractivity contribution in [2.45, 2.75) is 13.8 Å². The molecule has 5 heteroatoms. The number of carbonyl (C=O) groups excluding carboxylic acids is 2. The van der Waals surface area contributed by atoms with Gasteiger partial charge in [-0.1, -0.05) is 18.5 Å². The summed E-state index contributed by atoms with van der Waals surface area (Å²) in [5, 5.41) is 0.590. The van der Waals surface area contributed by atoms with E-state index in [9.17, 15) is 9.59 Å². The first-order chi connectivity index (χ1) is 9.52. The number of hydrogen-bond acceptors (Lipinski definition) is 4. The molecular formula is C15H15ClO4. The van der Waals surface area contributed by atoms with Crippen LogP contribution >= 0.6 is 11.6 Å². The third-order valence-corrected chi connectivity index (χ3v) is 3.39. The van der Waals surface area contributed by atoms with Gasteiger partial charge >= 0.3 is 11.9 Å². The number of benzene rings is 1. The number of carbonyl (C=O) groups is 2. The maximum atomic E-state index is 11.9. The summed E-state index contributed by atoms with van der Waals surface area (Å²) in [6.07, 6.45) is 1.63. The lowest BCUT2D eigenvalue weighted by Crippen LogP contribution is -2.32. The molecule has 0 aliphatic carbocycles. The van der Waals surface area contributed by atoms with Crippen LogP contribution in [-0.4, -0.2) is 18.5 Å². The molecule has 0 radical (unpaired) electrons. The fourth-order valence-electron chi connectivity index (χ4n) is 1.97. The van der Waals surface area contributed by atoms with E-state index in [1.165, 1.54) is 0 Å². The Morgan fingerprint density at radius 3 is 2.60 bits per heavy atom. The van der Waals surface area contributed by atoms with Crippen molar-refractivity contribution < 1.29 is 19.1 Å². The zero-order valence-electron chi connectivity index (χ0n) is 11.3. The van der Waals surface area contributed by atoms with Crippen LogP contribution in [0.25, 0.3) is 5.76 Å². The molecule has 0 N–H and O–H groups in total. The minimum Gasteiger partial charge on any atom is -0.466 e. The van der Waals surface area contributed by atoms with Crippen molar-refractivity contribution in [3.05, 3.63) is 40.9 Å². The topological polar surface area (TPSA) is 52.6 Å². The van der Waals surface area contributed by atoms with Gasteiger partial charge in [-0.05, 0) is 37.3 Å². The van der Waals surface area contributed by atoms with Crippen LogP contribution in [0.2, 0.25) is 5.02 Å². The van der Waals surface area contributed by atoms with Gasteiger partial charge in [0.2, 0.25) is 0 Å². The lowest BCUT2D eigenvalue weighted by atomic mass is 9.90. The van der Waals surface area contributed by atoms with Crippen molar-refractivity contribution in [1.82, 2.24) is 0 Å². The summed E-state index contributed by atoms with van der Waals surface area (Å²) in [5.41, 5.74) is 0.698. The van der Waals surface area contributed by atoms with Gasteiger partial charge in [-0.3, -0.25) is 9.59 Å². The molecule has 0 aromatic heterocycles. The molecule has 0 spiro atoms. The highest BCUT2D eigenvalue weighted by atomic mass is 35.5. The largest absolute Gasteiger partial charge is 0.466 e. The third kappa shape index (κ3) is 3.02. The number of rotatable bonds is 3. The van der Waals surface area contributed by atoms with Crippen LogP contribution in [0.15, 0.2) is 30.3 Å². The third-order valence-electron chi connectivity index (χ3n) is 3.14. The van der Waals surface area contributed by atoms with Crippen LogP contribution in [0.3, 0.4) is 0 Å². The second kappa shape index (κ2) is 6.09. The maximum absolute atomic E-state index is 11.9. The minimum absolute atomic E-state index is 0.279. The van der Waals surface area contributed by atoms with Gasteiger partial charge in [0.15, 0.2) is 0 Å². The molecule has 1 aromatic carbocycles. The molecule has 4 nitrogen and oxygen atoms in total. The van der Waals surface area contributed by atoms with Gasteiger partial charge in [0.1, 0.15) is 5.76 Å². The lowest BCUT2D eigenvalue weighted by Gasteiger charge is -2.24. The van der Waals surface area contributed by atoms with Gasteiger partial charge < -0.3 is 9.47 Å². The second-order valence-electron chi connectivity index (χ2n) is 4.53. The molecule has 1 aliphatic rings. The van der Waals surface area contributed by atoms with Crippen LogP contribution in [0.1, 0.15) is 19.4 Å². The Morgan fingerprint density at radius 1 is 1.35 bits per heavy atom. The van der Waals surface area contributed by atoms with Crippen LogP contribution in [-0.2, 0) is 19.1 Å². The Hall–Kier alpha value is -1.81. The van der Waals surface area contributed by atoms with Crippen LogP contribution in [0.4, 0.5) is 0 Å². The number of cyclic esters (lactones) is 1. The summed E-state index contributed by atoms with van der Waals surface area (Å²) in [6.45, 7) is 3.66. The van der Waals surface area contributed by atoms with E-state index in [1.54, 1.807) is 44.2 Å². The molecule has 0 saturated carbocycles. The highest BCUT2D eigenvalue weighted by Crippen LogP contribution is 2.30. The molecule has 1 heterocycles. The predicted molar refractivity (Wildman–Crippen MR) is 74.8 cm³/mol. The predicted octanol–water partition coefficient (Wildman–Crippen LogP) is 3.05. The van der Waals surface area contributed by atoms with E-state index in [0.29, 0.717) is 16.3 Å². The highest BCUT2D eigenvalue weighted by Gasteiger charge is 2.36. The fraction of sp³-hybridized carbons (Fsp3) is 0.333. The first kappa shape index (κ1) is 14.6. The molecule has 0 unspecified atom stereocenters. The molecule has 0 fully saturated rings. The smallest absolute Gasteiger partial charge is 0.315 e. The second-order valence-corrected chi connectivity index (χ2v) is 4.96. The van der Waals surface area contributed by atoms with E-state index in [-0.39, 0.29) is 6.61 Å². The zero-order valence-corrected chi connectivity index (χ0v) is 12.0. The van der Waals surface area contributed by atoms with Crippen molar-refractivity contribution in [2.24, 2.45) is 11.8 Å². The lowest BCUT2D eigenvalue weighted by molar-refractivity contribution is -0.155. The summed E-state index contributed by atoms with van der Waals surface area (Å²) in [7, 11) is 0. The van der Waals surface area contributed by atoms with E-state index in [1.807, 2.05) is 0 Å². The zero-order chi connectivity index (χ0) is 14.7. The Labute approximate surface area is 122 Å². The molecule has 0 amide bonds. The van der Waals surface area contributed by atoms with Crippen LogP contribution in [0.5, 0.6) is 0 Å².